The Hall–Kier alpha value is -2.66. The quantitative estimate of drug-likeness (QED) is 0.174. The van der Waals surface area contributed by atoms with Crippen LogP contribution in [0.1, 0.15) is 24.3 Å². The van der Waals surface area contributed by atoms with Crippen LogP contribution in [-0.4, -0.2) is 71.1 Å². The normalized spacial score (nSPS) is 16.7. The molecule has 0 radical (unpaired) electrons. The average Bonchev–Trinajstić information content (AvgIpc) is 2.78. The van der Waals surface area contributed by atoms with Gasteiger partial charge in [0.05, 0.1) is 51.3 Å². The number of rotatable bonds is 16. The van der Waals surface area contributed by atoms with Crippen molar-refractivity contribution in [1.82, 2.24) is 10.6 Å². The van der Waals surface area contributed by atoms with E-state index in [0.717, 1.165) is 11.3 Å². The second kappa shape index (κ2) is 15.2. The van der Waals surface area contributed by atoms with Gasteiger partial charge in [0.2, 0.25) is 11.8 Å². The highest BCUT2D eigenvalue weighted by molar-refractivity contribution is 6.01. The molecule has 2 rings (SSSR count). The van der Waals surface area contributed by atoms with Gasteiger partial charge in [-0.05, 0) is 24.1 Å². The lowest BCUT2D eigenvalue weighted by atomic mass is 9.90. The minimum Gasteiger partial charge on any atom is -0.399 e. The number of hydrogen-bond donors (Lipinski definition) is 5. The fourth-order valence-electron chi connectivity index (χ4n) is 3.12. The van der Waals surface area contributed by atoms with Crippen molar-refractivity contribution >= 4 is 17.5 Å². The Morgan fingerprint density at radius 1 is 1.09 bits per heavy atom. The monoisotopic (exact) mass is 449 g/mol. The van der Waals surface area contributed by atoms with Gasteiger partial charge in [-0.25, -0.2) is 0 Å². The van der Waals surface area contributed by atoms with Gasteiger partial charge in [-0.3, -0.25) is 14.9 Å². The van der Waals surface area contributed by atoms with Crippen LogP contribution >= 0.6 is 0 Å². The van der Waals surface area contributed by atoms with Crippen LogP contribution in [0, 0.1) is 0 Å². The first kappa shape index (κ1) is 25.6. The highest BCUT2D eigenvalue weighted by atomic mass is 16.5. The Morgan fingerprint density at radius 3 is 2.62 bits per heavy atom. The number of carbonyl (C=O) groups excluding carboxylic acids is 2. The van der Waals surface area contributed by atoms with Crippen molar-refractivity contribution in [2.24, 2.45) is 11.5 Å². The standard InChI is InChI=1S/C22H35N5O5/c23-6-9-32-16-18(24)15-25-7-10-30-12-13-31-11-8-26-19-3-1-2-17(14-19)20-4-5-21(28)27-22(20)29/h1-3,14-15,20,25-26H,4-13,16,23-24H2,(H,27,28,29)/b18-15-. The molecular weight excluding hydrogens is 414 g/mol. The molecule has 1 aliphatic rings. The van der Waals surface area contributed by atoms with Gasteiger partial charge in [0.25, 0.3) is 0 Å². The van der Waals surface area contributed by atoms with E-state index in [-0.39, 0.29) is 17.7 Å². The molecule has 1 aromatic carbocycles. The van der Waals surface area contributed by atoms with E-state index in [1.807, 2.05) is 24.3 Å². The van der Waals surface area contributed by atoms with Gasteiger partial charge in [-0.15, -0.1) is 0 Å². The Kier molecular flexibility index (Phi) is 12.2. The zero-order valence-electron chi connectivity index (χ0n) is 18.4. The first-order valence-electron chi connectivity index (χ1n) is 10.9. The minimum atomic E-state index is -0.284. The number of ether oxygens (including phenoxy) is 3. The summed E-state index contributed by atoms with van der Waals surface area (Å²) in [5.74, 6) is -0.717. The summed E-state index contributed by atoms with van der Waals surface area (Å²) in [5.41, 5.74) is 13.5. The molecule has 0 aliphatic carbocycles. The lowest BCUT2D eigenvalue weighted by molar-refractivity contribution is -0.134. The molecule has 2 amide bonds. The molecule has 0 bridgehead atoms. The molecule has 10 heteroatoms. The third-order valence-electron chi connectivity index (χ3n) is 4.68. The molecule has 1 atom stereocenters. The number of anilines is 1. The van der Waals surface area contributed by atoms with Crippen LogP contribution in [0.2, 0.25) is 0 Å². The van der Waals surface area contributed by atoms with E-state index in [2.05, 4.69) is 16.0 Å². The summed E-state index contributed by atoms with van der Waals surface area (Å²) in [5, 5.41) is 8.74. The predicted molar refractivity (Wildman–Crippen MR) is 122 cm³/mol. The molecule has 0 saturated carbocycles. The van der Waals surface area contributed by atoms with Crippen molar-refractivity contribution in [3.05, 3.63) is 41.7 Å². The number of nitrogens with one attached hydrogen (secondary N) is 3. The summed E-state index contributed by atoms with van der Waals surface area (Å²) in [6, 6.07) is 7.70. The predicted octanol–water partition coefficient (Wildman–Crippen LogP) is 0.0169. The number of piperidine rings is 1. The molecule has 178 valence electrons. The smallest absolute Gasteiger partial charge is 0.234 e. The molecule has 1 saturated heterocycles. The maximum atomic E-state index is 12.0. The second-order valence-corrected chi connectivity index (χ2v) is 7.30. The Balaban J connectivity index is 1.50. The largest absolute Gasteiger partial charge is 0.399 e. The van der Waals surface area contributed by atoms with Gasteiger partial charge < -0.3 is 36.3 Å². The van der Waals surface area contributed by atoms with Crippen molar-refractivity contribution in [1.29, 1.82) is 0 Å². The van der Waals surface area contributed by atoms with E-state index >= 15 is 0 Å². The van der Waals surface area contributed by atoms with Crippen molar-refractivity contribution in [3.8, 4) is 0 Å². The highest BCUT2D eigenvalue weighted by Gasteiger charge is 2.27. The average molecular weight is 450 g/mol. The van der Waals surface area contributed by atoms with Crippen LogP contribution in [-0.2, 0) is 23.8 Å². The maximum Gasteiger partial charge on any atom is 0.234 e. The van der Waals surface area contributed by atoms with Gasteiger partial charge in [0.1, 0.15) is 0 Å². The van der Waals surface area contributed by atoms with Crippen molar-refractivity contribution in [2.75, 3.05) is 64.6 Å². The van der Waals surface area contributed by atoms with E-state index in [4.69, 9.17) is 25.7 Å². The minimum absolute atomic E-state index is 0.205. The Labute approximate surface area is 189 Å². The molecular formula is C22H35N5O5. The number of imide groups is 1. The highest BCUT2D eigenvalue weighted by Crippen LogP contribution is 2.26. The molecule has 0 spiro atoms. The number of carbonyl (C=O) groups is 2. The zero-order chi connectivity index (χ0) is 23.0. The SMILES string of the molecule is NCCOC/C(N)=C/NCCOCCOCCNc1cccc(C2CCC(=O)NC2=O)c1. The van der Waals surface area contributed by atoms with E-state index < -0.39 is 0 Å². The van der Waals surface area contributed by atoms with Gasteiger partial charge in [0, 0.05) is 37.9 Å². The fourth-order valence-corrected chi connectivity index (χ4v) is 3.12. The van der Waals surface area contributed by atoms with Gasteiger partial charge in [0.15, 0.2) is 0 Å². The zero-order valence-corrected chi connectivity index (χ0v) is 18.4. The molecule has 1 heterocycles. The van der Waals surface area contributed by atoms with Crippen molar-refractivity contribution in [3.63, 3.8) is 0 Å². The summed E-state index contributed by atoms with van der Waals surface area (Å²) in [6.45, 7) is 4.68. The van der Waals surface area contributed by atoms with Crippen LogP contribution in [0.25, 0.3) is 0 Å². The third kappa shape index (κ3) is 10.1. The Bertz CT molecular complexity index is 743. The van der Waals surface area contributed by atoms with Crippen molar-refractivity contribution in [2.45, 2.75) is 18.8 Å². The number of benzene rings is 1. The van der Waals surface area contributed by atoms with Crippen LogP contribution in [0.4, 0.5) is 5.69 Å². The fraction of sp³-hybridized carbons (Fsp3) is 0.545. The van der Waals surface area contributed by atoms with Gasteiger partial charge in [-0.2, -0.15) is 0 Å². The molecule has 0 aromatic heterocycles. The topological polar surface area (TPSA) is 150 Å². The molecule has 1 aromatic rings. The molecule has 10 nitrogen and oxygen atoms in total. The summed E-state index contributed by atoms with van der Waals surface area (Å²) in [7, 11) is 0. The molecule has 32 heavy (non-hydrogen) atoms. The number of hydrogen-bond acceptors (Lipinski definition) is 9. The Morgan fingerprint density at radius 2 is 1.88 bits per heavy atom. The van der Waals surface area contributed by atoms with Crippen LogP contribution in [0.5, 0.6) is 0 Å². The first-order chi connectivity index (χ1) is 15.6. The molecule has 1 unspecified atom stereocenters. The molecule has 7 N–H and O–H groups in total. The second-order valence-electron chi connectivity index (χ2n) is 7.30. The summed E-state index contributed by atoms with van der Waals surface area (Å²) < 4.78 is 16.3. The van der Waals surface area contributed by atoms with Crippen LogP contribution in [0.15, 0.2) is 36.2 Å². The third-order valence-corrected chi connectivity index (χ3v) is 4.68. The van der Waals surface area contributed by atoms with Crippen molar-refractivity contribution < 1.29 is 23.8 Å². The number of nitrogens with two attached hydrogens (primary N) is 2. The number of amides is 2. The van der Waals surface area contributed by atoms with E-state index in [9.17, 15) is 9.59 Å². The van der Waals surface area contributed by atoms with Crippen LogP contribution in [0.3, 0.4) is 0 Å². The summed E-state index contributed by atoms with van der Waals surface area (Å²) in [6.07, 6.45) is 2.62. The van der Waals surface area contributed by atoms with E-state index in [1.54, 1.807) is 6.20 Å². The maximum absolute atomic E-state index is 12.0. The molecule has 1 aliphatic heterocycles. The first-order valence-corrected chi connectivity index (χ1v) is 10.9. The lowest BCUT2D eigenvalue weighted by Crippen LogP contribution is -2.39. The lowest BCUT2D eigenvalue weighted by Gasteiger charge is -2.21. The van der Waals surface area contributed by atoms with E-state index in [0.29, 0.717) is 77.8 Å². The molecule has 1 fully saturated rings. The van der Waals surface area contributed by atoms with Gasteiger partial charge >= 0.3 is 0 Å². The summed E-state index contributed by atoms with van der Waals surface area (Å²) in [4.78, 5) is 23.3. The van der Waals surface area contributed by atoms with Gasteiger partial charge in [-0.1, -0.05) is 12.1 Å². The van der Waals surface area contributed by atoms with E-state index in [1.165, 1.54) is 0 Å². The van der Waals surface area contributed by atoms with Crippen LogP contribution < -0.4 is 27.4 Å². The summed E-state index contributed by atoms with van der Waals surface area (Å²) >= 11 is 0.